The zero-order valence-corrected chi connectivity index (χ0v) is 19.9. The molecule has 0 aromatic carbocycles. The quantitative estimate of drug-likeness (QED) is 0.700. The van der Waals surface area contributed by atoms with Gasteiger partial charge in [0.25, 0.3) is 0 Å². The Labute approximate surface area is 192 Å². The first kappa shape index (κ1) is 22.6. The van der Waals surface area contributed by atoms with E-state index in [4.69, 9.17) is 9.47 Å². The molecule has 1 saturated carbocycles. The van der Waals surface area contributed by atoms with Crippen LogP contribution in [0.15, 0.2) is 0 Å². The van der Waals surface area contributed by atoms with Gasteiger partial charge < -0.3 is 24.6 Å². The van der Waals surface area contributed by atoms with Crippen molar-refractivity contribution < 1.29 is 19.1 Å². The second-order valence-corrected chi connectivity index (χ2v) is 11.2. The molecule has 4 saturated heterocycles. The summed E-state index contributed by atoms with van der Waals surface area (Å²) in [5.74, 6) is 1.10. The number of carbonyl (C=O) groups is 2. The molecule has 2 amide bonds. The van der Waals surface area contributed by atoms with Crippen LogP contribution in [0.25, 0.3) is 0 Å². The van der Waals surface area contributed by atoms with E-state index in [1.54, 1.807) is 0 Å². The Balaban J connectivity index is 1.21. The Kier molecular flexibility index (Phi) is 6.52. The summed E-state index contributed by atoms with van der Waals surface area (Å²) in [5.41, 5.74) is -0.261. The first-order valence-electron chi connectivity index (χ1n) is 13.0. The summed E-state index contributed by atoms with van der Waals surface area (Å²) < 4.78 is 10.9. The summed E-state index contributed by atoms with van der Waals surface area (Å²) >= 11 is 0. The predicted molar refractivity (Wildman–Crippen MR) is 121 cm³/mol. The predicted octanol–water partition coefficient (Wildman–Crippen LogP) is 2.19. The van der Waals surface area contributed by atoms with E-state index in [1.165, 1.54) is 0 Å². The Morgan fingerprint density at radius 2 is 1.50 bits per heavy atom. The highest BCUT2D eigenvalue weighted by Gasteiger charge is 2.55. The molecule has 1 N–H and O–H groups in total. The number of nitrogens with zero attached hydrogens (tertiary/aromatic N) is 2. The maximum absolute atomic E-state index is 14.0. The topological polar surface area (TPSA) is 71.1 Å². The number of likely N-dealkylation sites (tertiary alicyclic amines) is 2. The normalized spacial score (nSPS) is 36.4. The molecule has 0 aromatic heterocycles. The molecule has 4 atom stereocenters. The maximum Gasteiger partial charge on any atom is 0.229 e. The third-order valence-corrected chi connectivity index (χ3v) is 9.13. The molecule has 2 bridgehead atoms. The third-order valence-electron chi connectivity index (χ3n) is 9.13. The lowest BCUT2D eigenvalue weighted by Crippen LogP contribution is -2.56. The van der Waals surface area contributed by atoms with Crippen LogP contribution < -0.4 is 5.32 Å². The molecule has 0 radical (unpaired) electrons. The molecule has 5 fully saturated rings. The number of hydrogen-bond donors (Lipinski definition) is 1. The largest absolute Gasteiger partial charge is 0.381 e. The van der Waals surface area contributed by atoms with Crippen molar-refractivity contribution in [2.75, 3.05) is 39.5 Å². The molecule has 4 aliphatic heterocycles. The van der Waals surface area contributed by atoms with Gasteiger partial charge in [-0.1, -0.05) is 13.8 Å². The van der Waals surface area contributed by atoms with Crippen molar-refractivity contribution in [2.24, 2.45) is 17.3 Å². The third kappa shape index (κ3) is 4.09. The Hall–Kier alpha value is -1.18. The average molecular weight is 448 g/mol. The van der Waals surface area contributed by atoms with Crippen molar-refractivity contribution in [1.29, 1.82) is 0 Å². The van der Waals surface area contributed by atoms with Gasteiger partial charge in [-0.3, -0.25) is 9.59 Å². The van der Waals surface area contributed by atoms with Gasteiger partial charge in [0.2, 0.25) is 11.8 Å². The first-order valence-corrected chi connectivity index (χ1v) is 13.0. The highest BCUT2D eigenvalue weighted by molar-refractivity contribution is 5.85. The number of rotatable bonds is 5. The minimum Gasteiger partial charge on any atom is -0.381 e. The second kappa shape index (κ2) is 9.22. The van der Waals surface area contributed by atoms with Gasteiger partial charge in [-0.25, -0.2) is 0 Å². The maximum atomic E-state index is 14.0. The van der Waals surface area contributed by atoms with E-state index < -0.39 is 0 Å². The number of carbonyl (C=O) groups excluding carboxylic acids is 2. The zero-order chi connectivity index (χ0) is 22.3. The van der Waals surface area contributed by atoms with Crippen molar-refractivity contribution in [3.63, 3.8) is 0 Å². The molecule has 7 nitrogen and oxygen atoms in total. The van der Waals surface area contributed by atoms with Crippen LogP contribution >= 0.6 is 0 Å². The van der Waals surface area contributed by atoms with Crippen LogP contribution in [0.1, 0.15) is 65.2 Å². The van der Waals surface area contributed by atoms with E-state index in [2.05, 4.69) is 29.0 Å². The number of amides is 2. The highest BCUT2D eigenvalue weighted by atomic mass is 16.5. The van der Waals surface area contributed by atoms with Crippen LogP contribution in [-0.4, -0.2) is 85.3 Å². The van der Waals surface area contributed by atoms with Crippen molar-refractivity contribution in [3.8, 4) is 0 Å². The number of nitrogens with one attached hydrogen (secondary N) is 1. The Morgan fingerprint density at radius 1 is 0.875 bits per heavy atom. The van der Waals surface area contributed by atoms with Crippen LogP contribution in [0.4, 0.5) is 0 Å². The van der Waals surface area contributed by atoms with Crippen LogP contribution in [0.3, 0.4) is 0 Å². The fourth-order valence-corrected chi connectivity index (χ4v) is 7.03. The number of piperazine rings is 1. The van der Waals surface area contributed by atoms with Gasteiger partial charge in [0, 0.05) is 57.5 Å². The summed E-state index contributed by atoms with van der Waals surface area (Å²) in [4.78, 5) is 31.3. The monoisotopic (exact) mass is 447 g/mol. The number of hydrogen-bond acceptors (Lipinski definition) is 5. The van der Waals surface area contributed by atoms with E-state index in [1.807, 2.05) is 0 Å². The van der Waals surface area contributed by atoms with Crippen LogP contribution in [0, 0.1) is 17.3 Å². The lowest BCUT2D eigenvalue weighted by Gasteiger charge is -2.42. The van der Waals surface area contributed by atoms with E-state index >= 15 is 0 Å². The van der Waals surface area contributed by atoms with Gasteiger partial charge in [-0.05, 0) is 57.3 Å². The molecule has 0 spiro atoms. The zero-order valence-electron chi connectivity index (χ0n) is 19.9. The van der Waals surface area contributed by atoms with Crippen LogP contribution in [0.5, 0.6) is 0 Å². The smallest absolute Gasteiger partial charge is 0.229 e. The van der Waals surface area contributed by atoms with Crippen molar-refractivity contribution >= 4 is 11.8 Å². The summed E-state index contributed by atoms with van der Waals surface area (Å²) in [6.07, 6.45) is 7.79. The van der Waals surface area contributed by atoms with Gasteiger partial charge in [0.1, 0.15) is 0 Å². The molecule has 4 heterocycles. The molecule has 0 unspecified atom stereocenters. The van der Waals surface area contributed by atoms with E-state index in [9.17, 15) is 9.59 Å². The van der Waals surface area contributed by atoms with E-state index in [0.717, 1.165) is 77.7 Å². The van der Waals surface area contributed by atoms with Crippen LogP contribution in [-0.2, 0) is 19.1 Å². The van der Waals surface area contributed by atoms with Crippen LogP contribution in [0.2, 0.25) is 0 Å². The van der Waals surface area contributed by atoms with Crippen molar-refractivity contribution in [3.05, 3.63) is 0 Å². The summed E-state index contributed by atoms with van der Waals surface area (Å²) in [6, 6.07) is 1.37. The van der Waals surface area contributed by atoms with Gasteiger partial charge in [0.15, 0.2) is 0 Å². The number of fused-ring (bicyclic) bond motifs is 2. The molecular formula is C25H41N3O4. The SMILES string of the molecule is CC(C)[C@]1(C(=O)N2C[C@@H]3C[C@H]2CN3C(=O)C2CCOCC2)CC[C@@H](NC2CCOCC2)C1. The fourth-order valence-electron chi connectivity index (χ4n) is 7.03. The van der Waals surface area contributed by atoms with Gasteiger partial charge >= 0.3 is 0 Å². The minimum absolute atomic E-state index is 0.112. The lowest BCUT2D eigenvalue weighted by molar-refractivity contribution is -0.151. The highest BCUT2D eigenvalue weighted by Crippen LogP contribution is 2.48. The summed E-state index contributed by atoms with van der Waals surface area (Å²) in [7, 11) is 0. The van der Waals surface area contributed by atoms with Gasteiger partial charge in [0.05, 0.1) is 17.5 Å². The molecule has 1 aliphatic carbocycles. The van der Waals surface area contributed by atoms with Gasteiger partial charge in [-0.15, -0.1) is 0 Å². The molecule has 5 rings (SSSR count). The molecule has 180 valence electrons. The van der Waals surface area contributed by atoms with Gasteiger partial charge in [-0.2, -0.15) is 0 Å². The molecular weight excluding hydrogens is 406 g/mol. The summed E-state index contributed by atoms with van der Waals surface area (Å²) in [5, 5.41) is 3.85. The summed E-state index contributed by atoms with van der Waals surface area (Å²) in [6.45, 7) is 8.99. The van der Waals surface area contributed by atoms with E-state index in [0.29, 0.717) is 43.0 Å². The molecule has 0 aromatic rings. The number of ether oxygens (including phenoxy) is 2. The molecule has 7 heteroatoms. The van der Waals surface area contributed by atoms with Crippen molar-refractivity contribution in [2.45, 2.75) is 89.4 Å². The Morgan fingerprint density at radius 3 is 2.12 bits per heavy atom. The Bertz CT molecular complexity index is 703. The fraction of sp³-hybridized carbons (Fsp3) is 0.920. The standard InChI is InChI=1S/C25H41N3O4/c1-17(2)25(8-3-20(14-25)26-19-6-11-32-12-7-19)24(30)28-16-21-13-22(28)15-27(21)23(29)18-4-9-31-10-5-18/h17-22,26H,3-16H2,1-2H3/t20-,21+,22+,25+/m1/s1. The molecule has 5 aliphatic rings. The average Bonchev–Trinajstić information content (AvgIpc) is 3.54. The van der Waals surface area contributed by atoms with E-state index in [-0.39, 0.29) is 23.4 Å². The minimum atomic E-state index is -0.261. The molecule has 32 heavy (non-hydrogen) atoms. The van der Waals surface area contributed by atoms with Crippen molar-refractivity contribution in [1.82, 2.24) is 15.1 Å². The first-order chi connectivity index (χ1) is 15.5. The lowest BCUT2D eigenvalue weighted by atomic mass is 9.74. The second-order valence-electron chi connectivity index (χ2n) is 11.2.